The zero-order valence-electron chi connectivity index (χ0n) is 12.6. The molecule has 0 atom stereocenters. The molecule has 0 aliphatic carbocycles. The van der Waals surface area contributed by atoms with Crippen molar-refractivity contribution in [2.75, 3.05) is 6.54 Å². The lowest BCUT2D eigenvalue weighted by atomic mass is 10.2. The number of rotatable bonds is 5. The molecule has 3 aromatic rings. The maximum Gasteiger partial charge on any atom is 0.326 e. The molecular formula is C16H17N3O3S. The van der Waals surface area contributed by atoms with E-state index in [0.29, 0.717) is 5.56 Å². The first-order valence-electron chi connectivity index (χ1n) is 7.22. The summed E-state index contributed by atoms with van der Waals surface area (Å²) >= 11 is 0. The zero-order valence-corrected chi connectivity index (χ0v) is 13.4. The maximum atomic E-state index is 12.3. The molecule has 0 unspecified atom stereocenters. The Kier molecular flexibility index (Phi) is 4.06. The molecule has 2 aromatic carbocycles. The molecule has 0 aliphatic rings. The number of hydrogen-bond acceptors (Lipinski definition) is 3. The third kappa shape index (κ3) is 3.06. The van der Waals surface area contributed by atoms with Crippen molar-refractivity contribution in [1.29, 1.82) is 0 Å². The van der Waals surface area contributed by atoms with Gasteiger partial charge in [-0.15, -0.1) is 0 Å². The van der Waals surface area contributed by atoms with Gasteiger partial charge in [0.2, 0.25) is 10.0 Å². The molecule has 0 aliphatic heterocycles. The Bertz CT molecular complexity index is 1000. The van der Waals surface area contributed by atoms with Crippen LogP contribution in [0, 0.1) is 6.92 Å². The average molecular weight is 331 g/mol. The quantitative estimate of drug-likeness (QED) is 0.745. The predicted octanol–water partition coefficient (Wildman–Crippen LogP) is 1.62. The molecule has 2 N–H and O–H groups in total. The van der Waals surface area contributed by atoms with Gasteiger partial charge >= 0.3 is 5.69 Å². The molecular weight excluding hydrogens is 314 g/mol. The van der Waals surface area contributed by atoms with E-state index in [9.17, 15) is 13.2 Å². The molecule has 120 valence electrons. The van der Waals surface area contributed by atoms with E-state index in [1.54, 1.807) is 31.2 Å². The maximum absolute atomic E-state index is 12.3. The molecule has 1 heterocycles. The second-order valence-corrected chi connectivity index (χ2v) is 7.00. The van der Waals surface area contributed by atoms with Gasteiger partial charge in [-0.2, -0.15) is 0 Å². The third-order valence-corrected chi connectivity index (χ3v) is 5.31. The fraction of sp³-hybridized carbons (Fsp3) is 0.188. The summed E-state index contributed by atoms with van der Waals surface area (Å²) in [5.74, 6) is 0. The minimum atomic E-state index is -3.59. The Morgan fingerprint density at radius 1 is 1.09 bits per heavy atom. The monoisotopic (exact) mass is 331 g/mol. The number of fused-ring (bicyclic) bond motifs is 1. The van der Waals surface area contributed by atoms with E-state index in [1.165, 1.54) is 4.57 Å². The van der Waals surface area contributed by atoms with E-state index in [4.69, 9.17) is 0 Å². The summed E-state index contributed by atoms with van der Waals surface area (Å²) in [5.41, 5.74) is 1.93. The number of sulfonamides is 1. The van der Waals surface area contributed by atoms with Crippen molar-refractivity contribution in [2.45, 2.75) is 18.4 Å². The van der Waals surface area contributed by atoms with Crippen molar-refractivity contribution in [1.82, 2.24) is 14.3 Å². The Hall–Kier alpha value is -2.38. The lowest BCUT2D eigenvalue weighted by Gasteiger charge is -2.09. The number of para-hydroxylation sites is 2. The molecule has 0 spiro atoms. The van der Waals surface area contributed by atoms with Crippen molar-refractivity contribution in [3.05, 3.63) is 64.6 Å². The fourth-order valence-electron chi connectivity index (χ4n) is 2.56. The van der Waals surface area contributed by atoms with Crippen LogP contribution in [0.15, 0.2) is 58.2 Å². The van der Waals surface area contributed by atoms with Crippen LogP contribution in [0.2, 0.25) is 0 Å². The van der Waals surface area contributed by atoms with Gasteiger partial charge in [0.15, 0.2) is 0 Å². The van der Waals surface area contributed by atoms with Crippen LogP contribution in [0.25, 0.3) is 11.0 Å². The molecule has 0 radical (unpaired) electrons. The molecule has 0 bridgehead atoms. The van der Waals surface area contributed by atoms with Crippen LogP contribution in [0.5, 0.6) is 0 Å². The van der Waals surface area contributed by atoms with Crippen LogP contribution >= 0.6 is 0 Å². The number of aromatic amines is 1. The van der Waals surface area contributed by atoms with Gasteiger partial charge in [-0.05, 0) is 30.7 Å². The van der Waals surface area contributed by atoms with E-state index in [0.717, 1.165) is 11.0 Å². The predicted molar refractivity (Wildman–Crippen MR) is 88.9 cm³/mol. The van der Waals surface area contributed by atoms with E-state index in [1.807, 2.05) is 24.3 Å². The Morgan fingerprint density at radius 3 is 2.57 bits per heavy atom. The zero-order chi connectivity index (χ0) is 16.4. The van der Waals surface area contributed by atoms with Gasteiger partial charge in [0.1, 0.15) is 0 Å². The van der Waals surface area contributed by atoms with Crippen LogP contribution in [0.3, 0.4) is 0 Å². The Balaban J connectivity index is 1.78. The SMILES string of the molecule is Cc1ccccc1S(=O)(=O)NCCn1c(=O)[nH]c2ccccc21. The molecule has 0 fully saturated rings. The molecule has 3 rings (SSSR count). The third-order valence-electron chi connectivity index (χ3n) is 3.69. The highest BCUT2D eigenvalue weighted by Crippen LogP contribution is 2.13. The first-order valence-corrected chi connectivity index (χ1v) is 8.70. The van der Waals surface area contributed by atoms with Crippen molar-refractivity contribution in [2.24, 2.45) is 0 Å². The summed E-state index contributed by atoms with van der Waals surface area (Å²) in [6.45, 7) is 2.14. The number of imidazole rings is 1. The lowest BCUT2D eigenvalue weighted by molar-refractivity contribution is 0.572. The summed E-state index contributed by atoms with van der Waals surface area (Å²) in [6, 6.07) is 14.1. The molecule has 6 nitrogen and oxygen atoms in total. The van der Waals surface area contributed by atoms with E-state index in [2.05, 4.69) is 9.71 Å². The van der Waals surface area contributed by atoms with Gasteiger partial charge in [-0.3, -0.25) is 4.57 Å². The average Bonchev–Trinajstić information content (AvgIpc) is 2.83. The van der Waals surface area contributed by atoms with Gasteiger partial charge in [0.25, 0.3) is 0 Å². The number of hydrogen-bond donors (Lipinski definition) is 2. The summed E-state index contributed by atoms with van der Waals surface area (Å²) in [6.07, 6.45) is 0. The minimum absolute atomic E-state index is 0.137. The smallest absolute Gasteiger partial charge is 0.306 e. The first-order chi connectivity index (χ1) is 11.0. The van der Waals surface area contributed by atoms with Crippen molar-refractivity contribution < 1.29 is 8.42 Å². The van der Waals surface area contributed by atoms with E-state index in [-0.39, 0.29) is 23.7 Å². The second-order valence-electron chi connectivity index (χ2n) is 5.26. The fourth-order valence-corrected chi connectivity index (χ4v) is 3.82. The Morgan fingerprint density at radius 2 is 1.78 bits per heavy atom. The number of benzene rings is 2. The molecule has 1 aromatic heterocycles. The van der Waals surface area contributed by atoms with Crippen molar-refractivity contribution in [3.8, 4) is 0 Å². The molecule has 0 amide bonds. The van der Waals surface area contributed by atoms with Crippen molar-refractivity contribution >= 4 is 21.1 Å². The number of aromatic nitrogens is 2. The van der Waals surface area contributed by atoms with Gasteiger partial charge in [0.05, 0.1) is 15.9 Å². The normalized spacial score (nSPS) is 11.9. The van der Waals surface area contributed by atoms with Crippen LogP contribution in [0.4, 0.5) is 0 Å². The summed E-state index contributed by atoms with van der Waals surface area (Å²) < 4.78 is 28.7. The van der Waals surface area contributed by atoms with Gasteiger partial charge < -0.3 is 4.98 Å². The van der Waals surface area contributed by atoms with Gasteiger partial charge in [0, 0.05) is 13.1 Å². The first kappa shape index (κ1) is 15.5. The number of nitrogens with one attached hydrogen (secondary N) is 2. The summed E-state index contributed by atoms with van der Waals surface area (Å²) in [5, 5.41) is 0. The summed E-state index contributed by atoms with van der Waals surface area (Å²) in [4.78, 5) is 14.9. The summed E-state index contributed by atoms with van der Waals surface area (Å²) in [7, 11) is -3.59. The highest BCUT2D eigenvalue weighted by atomic mass is 32.2. The standard InChI is InChI=1S/C16H17N3O3S/c1-12-6-2-5-9-15(12)23(21,22)17-10-11-19-14-8-4-3-7-13(14)18-16(19)20/h2-9,17H,10-11H2,1H3,(H,18,20). The van der Waals surface area contributed by atoms with E-state index >= 15 is 0 Å². The number of H-pyrrole nitrogens is 1. The largest absolute Gasteiger partial charge is 0.326 e. The molecule has 0 saturated carbocycles. The van der Waals surface area contributed by atoms with E-state index < -0.39 is 10.0 Å². The molecule has 0 saturated heterocycles. The van der Waals surface area contributed by atoms with Crippen molar-refractivity contribution in [3.63, 3.8) is 0 Å². The minimum Gasteiger partial charge on any atom is -0.306 e. The lowest BCUT2D eigenvalue weighted by Crippen LogP contribution is -2.30. The number of nitrogens with zero attached hydrogens (tertiary/aromatic N) is 1. The van der Waals surface area contributed by atoms with Crippen LogP contribution in [-0.4, -0.2) is 24.5 Å². The highest BCUT2D eigenvalue weighted by molar-refractivity contribution is 7.89. The highest BCUT2D eigenvalue weighted by Gasteiger charge is 2.16. The van der Waals surface area contributed by atoms with Crippen LogP contribution in [-0.2, 0) is 16.6 Å². The van der Waals surface area contributed by atoms with Crippen LogP contribution in [0.1, 0.15) is 5.56 Å². The van der Waals surface area contributed by atoms with Gasteiger partial charge in [-0.1, -0.05) is 30.3 Å². The Labute approximate surface area is 133 Å². The van der Waals surface area contributed by atoms with Gasteiger partial charge in [-0.25, -0.2) is 17.9 Å². The second kappa shape index (κ2) is 6.02. The molecule has 7 heteroatoms. The van der Waals surface area contributed by atoms with Crippen LogP contribution < -0.4 is 10.4 Å². The molecule has 23 heavy (non-hydrogen) atoms. The number of aryl methyl sites for hydroxylation is 1. The topological polar surface area (TPSA) is 84.0 Å².